The van der Waals surface area contributed by atoms with Crippen molar-refractivity contribution in [2.24, 2.45) is 5.73 Å². The summed E-state index contributed by atoms with van der Waals surface area (Å²) < 4.78 is 14.0. The average Bonchev–Trinajstić information content (AvgIpc) is 2.73. The predicted molar refractivity (Wildman–Crippen MR) is 72.1 cm³/mol. The van der Waals surface area contributed by atoms with Crippen molar-refractivity contribution in [3.8, 4) is 0 Å². The van der Waals surface area contributed by atoms with Crippen LogP contribution in [-0.2, 0) is 6.54 Å². The summed E-state index contributed by atoms with van der Waals surface area (Å²) in [4.78, 5) is 6.92. The summed E-state index contributed by atoms with van der Waals surface area (Å²) >= 11 is 1.58. The fourth-order valence-electron chi connectivity index (χ4n) is 2.32. The third-order valence-corrected chi connectivity index (χ3v) is 4.39. The van der Waals surface area contributed by atoms with Crippen LogP contribution in [0.4, 0.5) is 4.39 Å². The van der Waals surface area contributed by atoms with E-state index < -0.39 is 0 Å². The molecule has 3 rings (SSSR count). The van der Waals surface area contributed by atoms with Gasteiger partial charge < -0.3 is 5.73 Å². The number of aromatic nitrogens is 1. The second-order valence-electron chi connectivity index (χ2n) is 4.83. The molecule has 96 valence electrons. The van der Waals surface area contributed by atoms with Crippen LogP contribution in [0.1, 0.15) is 17.8 Å². The molecule has 5 heteroatoms. The SMILES string of the molecule is NC1CCN(Cc2nc3ccc(F)cc3s2)CC1. The molecule has 2 heterocycles. The molecule has 1 saturated heterocycles. The van der Waals surface area contributed by atoms with Crippen LogP contribution in [0.5, 0.6) is 0 Å². The Kier molecular flexibility index (Phi) is 3.28. The molecule has 1 aromatic heterocycles. The van der Waals surface area contributed by atoms with E-state index in [9.17, 15) is 4.39 Å². The second-order valence-corrected chi connectivity index (χ2v) is 5.95. The second kappa shape index (κ2) is 4.91. The van der Waals surface area contributed by atoms with Crippen molar-refractivity contribution in [2.75, 3.05) is 13.1 Å². The van der Waals surface area contributed by atoms with Crippen LogP contribution in [0.15, 0.2) is 18.2 Å². The fourth-order valence-corrected chi connectivity index (χ4v) is 3.35. The van der Waals surface area contributed by atoms with Crippen LogP contribution >= 0.6 is 11.3 Å². The molecule has 0 unspecified atom stereocenters. The smallest absolute Gasteiger partial charge is 0.124 e. The van der Waals surface area contributed by atoms with Crippen molar-refractivity contribution < 1.29 is 4.39 Å². The minimum absolute atomic E-state index is 0.193. The van der Waals surface area contributed by atoms with Gasteiger partial charge in [0.2, 0.25) is 0 Å². The molecule has 0 saturated carbocycles. The lowest BCUT2D eigenvalue weighted by atomic mass is 10.1. The third kappa shape index (κ3) is 2.53. The highest BCUT2D eigenvalue weighted by Crippen LogP contribution is 2.24. The number of likely N-dealkylation sites (tertiary alicyclic amines) is 1. The highest BCUT2D eigenvalue weighted by molar-refractivity contribution is 7.18. The van der Waals surface area contributed by atoms with Crippen molar-refractivity contribution in [3.05, 3.63) is 29.0 Å². The van der Waals surface area contributed by atoms with Gasteiger partial charge in [0, 0.05) is 19.1 Å². The van der Waals surface area contributed by atoms with Gasteiger partial charge in [-0.25, -0.2) is 9.37 Å². The number of fused-ring (bicyclic) bond motifs is 1. The number of nitrogens with two attached hydrogens (primary N) is 1. The predicted octanol–water partition coefficient (Wildman–Crippen LogP) is 2.36. The first kappa shape index (κ1) is 12.0. The van der Waals surface area contributed by atoms with E-state index in [0.29, 0.717) is 6.04 Å². The van der Waals surface area contributed by atoms with E-state index in [1.165, 1.54) is 6.07 Å². The first-order chi connectivity index (χ1) is 8.70. The van der Waals surface area contributed by atoms with E-state index in [1.54, 1.807) is 23.5 Å². The van der Waals surface area contributed by atoms with E-state index >= 15 is 0 Å². The van der Waals surface area contributed by atoms with Crippen LogP contribution < -0.4 is 5.73 Å². The lowest BCUT2D eigenvalue weighted by molar-refractivity contribution is 0.205. The number of piperidine rings is 1. The molecule has 0 bridgehead atoms. The summed E-state index contributed by atoms with van der Waals surface area (Å²) in [6.45, 7) is 2.92. The summed E-state index contributed by atoms with van der Waals surface area (Å²) in [5, 5.41) is 1.06. The molecule has 0 amide bonds. The Labute approximate surface area is 109 Å². The third-order valence-electron chi connectivity index (χ3n) is 3.39. The summed E-state index contributed by atoms with van der Waals surface area (Å²) in [5.74, 6) is -0.193. The molecule has 0 spiro atoms. The topological polar surface area (TPSA) is 42.1 Å². The van der Waals surface area contributed by atoms with Crippen LogP contribution in [0, 0.1) is 5.82 Å². The highest BCUT2D eigenvalue weighted by Gasteiger charge is 2.17. The van der Waals surface area contributed by atoms with Gasteiger partial charge in [0.15, 0.2) is 0 Å². The van der Waals surface area contributed by atoms with Crippen LogP contribution in [0.25, 0.3) is 10.2 Å². The van der Waals surface area contributed by atoms with Gasteiger partial charge in [0.05, 0.1) is 16.8 Å². The number of hydrogen-bond acceptors (Lipinski definition) is 4. The summed E-state index contributed by atoms with van der Waals surface area (Å²) in [5.41, 5.74) is 6.78. The minimum atomic E-state index is -0.193. The standard InChI is InChI=1S/C13H16FN3S/c14-9-1-2-11-12(7-9)18-13(16-11)8-17-5-3-10(15)4-6-17/h1-2,7,10H,3-6,8,15H2. The van der Waals surface area contributed by atoms with Gasteiger partial charge in [-0.05, 0) is 31.0 Å². The van der Waals surface area contributed by atoms with E-state index in [2.05, 4.69) is 9.88 Å². The van der Waals surface area contributed by atoms with E-state index in [0.717, 1.165) is 47.7 Å². The molecule has 1 aliphatic rings. The van der Waals surface area contributed by atoms with Crippen LogP contribution in [0.3, 0.4) is 0 Å². The quantitative estimate of drug-likeness (QED) is 0.906. The van der Waals surface area contributed by atoms with E-state index in [-0.39, 0.29) is 5.82 Å². The van der Waals surface area contributed by atoms with Gasteiger partial charge in [0.25, 0.3) is 0 Å². The minimum Gasteiger partial charge on any atom is -0.328 e. The van der Waals surface area contributed by atoms with Crippen LogP contribution in [0.2, 0.25) is 0 Å². The molecule has 2 N–H and O–H groups in total. The maximum absolute atomic E-state index is 13.1. The van der Waals surface area contributed by atoms with E-state index in [4.69, 9.17) is 5.73 Å². The highest BCUT2D eigenvalue weighted by atomic mass is 32.1. The lowest BCUT2D eigenvalue weighted by Crippen LogP contribution is -2.39. The summed E-state index contributed by atoms with van der Waals surface area (Å²) in [6.07, 6.45) is 2.11. The van der Waals surface area contributed by atoms with Crippen molar-refractivity contribution >= 4 is 21.6 Å². The van der Waals surface area contributed by atoms with Crippen molar-refractivity contribution in [1.29, 1.82) is 0 Å². The maximum Gasteiger partial charge on any atom is 0.124 e. The largest absolute Gasteiger partial charge is 0.328 e. The number of nitrogens with zero attached hydrogens (tertiary/aromatic N) is 2. The van der Waals surface area contributed by atoms with Crippen molar-refractivity contribution in [2.45, 2.75) is 25.4 Å². The monoisotopic (exact) mass is 265 g/mol. The Morgan fingerprint density at radius 3 is 2.94 bits per heavy atom. The van der Waals surface area contributed by atoms with Gasteiger partial charge in [-0.15, -0.1) is 11.3 Å². The summed E-state index contributed by atoms with van der Waals surface area (Å²) in [6, 6.07) is 5.12. The Bertz CT molecular complexity index is 546. The van der Waals surface area contributed by atoms with Gasteiger partial charge in [-0.2, -0.15) is 0 Å². The number of rotatable bonds is 2. The molecule has 1 fully saturated rings. The molecule has 0 aliphatic carbocycles. The Morgan fingerprint density at radius 2 is 2.17 bits per heavy atom. The number of benzene rings is 1. The average molecular weight is 265 g/mol. The molecular weight excluding hydrogens is 249 g/mol. The zero-order valence-corrected chi connectivity index (χ0v) is 10.9. The molecule has 18 heavy (non-hydrogen) atoms. The molecule has 3 nitrogen and oxygen atoms in total. The summed E-state index contributed by atoms with van der Waals surface area (Å²) in [7, 11) is 0. The molecule has 1 aliphatic heterocycles. The van der Waals surface area contributed by atoms with E-state index in [1.807, 2.05) is 0 Å². The first-order valence-corrected chi connectivity index (χ1v) is 7.05. The molecule has 1 aromatic carbocycles. The molecule has 0 radical (unpaired) electrons. The Hall–Kier alpha value is -1.04. The van der Waals surface area contributed by atoms with Gasteiger partial charge in [0.1, 0.15) is 10.8 Å². The Morgan fingerprint density at radius 1 is 1.39 bits per heavy atom. The van der Waals surface area contributed by atoms with Gasteiger partial charge in [-0.1, -0.05) is 0 Å². The molecular formula is C13H16FN3S. The molecule has 2 aromatic rings. The zero-order chi connectivity index (χ0) is 12.5. The maximum atomic E-state index is 13.1. The normalized spacial score (nSPS) is 18.6. The Balaban J connectivity index is 1.74. The van der Waals surface area contributed by atoms with Gasteiger partial charge >= 0.3 is 0 Å². The fraction of sp³-hybridized carbons (Fsp3) is 0.462. The first-order valence-electron chi connectivity index (χ1n) is 6.23. The zero-order valence-electron chi connectivity index (χ0n) is 10.1. The number of thiazole rings is 1. The molecule has 0 atom stereocenters. The number of hydrogen-bond donors (Lipinski definition) is 1. The number of halogens is 1. The van der Waals surface area contributed by atoms with Crippen molar-refractivity contribution in [1.82, 2.24) is 9.88 Å². The van der Waals surface area contributed by atoms with Crippen LogP contribution in [-0.4, -0.2) is 29.0 Å². The van der Waals surface area contributed by atoms with Gasteiger partial charge in [-0.3, -0.25) is 4.90 Å². The van der Waals surface area contributed by atoms with Crippen molar-refractivity contribution in [3.63, 3.8) is 0 Å². The lowest BCUT2D eigenvalue weighted by Gasteiger charge is -2.29.